The zero-order valence-corrected chi connectivity index (χ0v) is 13.0. The van der Waals surface area contributed by atoms with Crippen LogP contribution in [0.2, 0.25) is 0 Å². The fraction of sp³-hybridized carbons (Fsp3) is 0.467. The highest BCUT2D eigenvalue weighted by Gasteiger charge is 2.27. The van der Waals surface area contributed by atoms with Gasteiger partial charge in [0.2, 0.25) is 0 Å². The molecule has 1 N–H and O–H groups in total. The lowest BCUT2D eigenvalue weighted by Crippen LogP contribution is -2.40. The Hall–Kier alpha value is -1.66. The summed E-state index contributed by atoms with van der Waals surface area (Å²) < 4.78 is 7.79. The molecular formula is C15H19N3O2S. The van der Waals surface area contributed by atoms with E-state index < -0.39 is 0 Å². The highest BCUT2D eigenvalue weighted by atomic mass is 32.1. The van der Waals surface area contributed by atoms with Crippen molar-refractivity contribution in [3.63, 3.8) is 0 Å². The van der Waals surface area contributed by atoms with Gasteiger partial charge in [0.05, 0.1) is 23.1 Å². The third-order valence-electron chi connectivity index (χ3n) is 3.87. The van der Waals surface area contributed by atoms with Gasteiger partial charge in [-0.15, -0.1) is 11.3 Å². The topological polar surface area (TPSA) is 56.1 Å². The largest absolute Gasteiger partial charge is 0.372 e. The van der Waals surface area contributed by atoms with Crippen molar-refractivity contribution in [1.82, 2.24) is 14.9 Å². The lowest BCUT2D eigenvalue weighted by Gasteiger charge is -2.30. The van der Waals surface area contributed by atoms with Gasteiger partial charge in [0, 0.05) is 19.7 Å². The van der Waals surface area contributed by atoms with E-state index in [-0.39, 0.29) is 18.1 Å². The Morgan fingerprint density at radius 1 is 1.57 bits per heavy atom. The molecule has 0 bridgehead atoms. The number of imidazole rings is 1. The van der Waals surface area contributed by atoms with Crippen molar-refractivity contribution in [2.24, 2.45) is 7.05 Å². The van der Waals surface area contributed by atoms with Crippen molar-refractivity contribution < 1.29 is 9.53 Å². The average Bonchev–Trinajstić information content (AvgIpc) is 3.07. The first-order valence-electron chi connectivity index (χ1n) is 7.08. The number of nitrogens with one attached hydrogen (secondary N) is 1. The smallest absolute Gasteiger partial charge is 0.261 e. The zero-order chi connectivity index (χ0) is 14.8. The van der Waals surface area contributed by atoms with Crippen molar-refractivity contribution in [3.8, 4) is 0 Å². The third kappa shape index (κ3) is 3.01. The van der Waals surface area contributed by atoms with Crippen LogP contribution in [-0.2, 0) is 11.8 Å². The predicted molar refractivity (Wildman–Crippen MR) is 81.4 cm³/mol. The van der Waals surface area contributed by atoms with E-state index in [1.165, 1.54) is 11.3 Å². The Labute approximate surface area is 128 Å². The molecule has 1 amide bonds. The summed E-state index contributed by atoms with van der Waals surface area (Å²) in [5.74, 6) is 0.0261. The van der Waals surface area contributed by atoms with Gasteiger partial charge in [0.1, 0.15) is 6.10 Å². The second kappa shape index (κ2) is 5.99. The van der Waals surface area contributed by atoms with Crippen LogP contribution in [0.1, 0.15) is 39.9 Å². The second-order valence-corrected chi connectivity index (χ2v) is 6.33. The molecule has 1 aliphatic rings. The van der Waals surface area contributed by atoms with Crippen molar-refractivity contribution in [3.05, 3.63) is 40.1 Å². The second-order valence-electron chi connectivity index (χ2n) is 5.42. The van der Waals surface area contributed by atoms with Crippen molar-refractivity contribution in [1.29, 1.82) is 0 Å². The monoisotopic (exact) mass is 305 g/mol. The van der Waals surface area contributed by atoms with Gasteiger partial charge in [-0.3, -0.25) is 4.79 Å². The molecule has 5 nitrogen and oxygen atoms in total. The van der Waals surface area contributed by atoms with Crippen LogP contribution in [0.5, 0.6) is 0 Å². The molecule has 2 aromatic heterocycles. The molecule has 6 heteroatoms. The number of aryl methyl sites for hydroxylation is 2. The number of thiophene rings is 1. The summed E-state index contributed by atoms with van der Waals surface area (Å²) in [6.45, 7) is 2.62. The highest BCUT2D eigenvalue weighted by Crippen LogP contribution is 2.28. The Balaban J connectivity index is 1.66. The third-order valence-corrected chi connectivity index (χ3v) is 4.89. The summed E-state index contributed by atoms with van der Waals surface area (Å²) >= 11 is 1.49. The number of carbonyl (C=O) groups excluding carboxylic acids is 1. The van der Waals surface area contributed by atoms with E-state index in [9.17, 15) is 4.79 Å². The Kier molecular flexibility index (Phi) is 4.07. The van der Waals surface area contributed by atoms with Gasteiger partial charge in [-0.2, -0.15) is 0 Å². The van der Waals surface area contributed by atoms with E-state index in [4.69, 9.17) is 4.74 Å². The summed E-state index contributed by atoms with van der Waals surface area (Å²) in [6.07, 6.45) is 5.25. The molecule has 3 rings (SSSR count). The van der Waals surface area contributed by atoms with Crippen LogP contribution in [0.3, 0.4) is 0 Å². The van der Waals surface area contributed by atoms with Crippen LogP contribution in [-0.4, -0.2) is 28.1 Å². The summed E-state index contributed by atoms with van der Waals surface area (Å²) in [6, 6.07) is 2.12. The maximum absolute atomic E-state index is 12.3. The first-order valence-corrected chi connectivity index (χ1v) is 7.96. The highest BCUT2D eigenvalue weighted by molar-refractivity contribution is 7.12. The maximum atomic E-state index is 12.3. The van der Waals surface area contributed by atoms with Crippen molar-refractivity contribution >= 4 is 17.2 Å². The van der Waals surface area contributed by atoms with Gasteiger partial charge in [0.25, 0.3) is 5.91 Å². The van der Waals surface area contributed by atoms with Crippen LogP contribution in [0.25, 0.3) is 0 Å². The number of aromatic nitrogens is 2. The van der Waals surface area contributed by atoms with E-state index in [2.05, 4.69) is 10.3 Å². The van der Waals surface area contributed by atoms with E-state index >= 15 is 0 Å². The lowest BCUT2D eigenvalue weighted by atomic mass is 10.0. The lowest BCUT2D eigenvalue weighted by molar-refractivity contribution is -0.00299. The molecule has 112 valence electrons. The van der Waals surface area contributed by atoms with Gasteiger partial charge < -0.3 is 14.6 Å². The quantitative estimate of drug-likeness (QED) is 0.947. The first-order chi connectivity index (χ1) is 10.1. The zero-order valence-electron chi connectivity index (χ0n) is 12.2. The summed E-state index contributed by atoms with van der Waals surface area (Å²) in [7, 11) is 1.96. The van der Waals surface area contributed by atoms with Crippen LogP contribution >= 0.6 is 11.3 Å². The molecule has 2 atom stereocenters. The number of nitrogens with zero attached hydrogens (tertiary/aromatic N) is 2. The van der Waals surface area contributed by atoms with E-state index in [0.29, 0.717) is 6.61 Å². The standard InChI is InChI=1S/C15H19N3O2S/c1-10-4-6-21-14(10)15(19)17-11-3-5-20-13(7-11)12-8-16-9-18(12)2/h4,6,8-9,11,13H,3,5,7H2,1-2H3,(H,17,19)/t11-,13-/m0/s1. The van der Waals surface area contributed by atoms with Crippen LogP contribution in [0, 0.1) is 6.92 Å². The Morgan fingerprint density at radius 3 is 3.10 bits per heavy atom. The minimum Gasteiger partial charge on any atom is -0.372 e. The fourth-order valence-corrected chi connectivity index (χ4v) is 3.50. The molecule has 1 saturated heterocycles. The molecule has 1 fully saturated rings. The summed E-state index contributed by atoms with van der Waals surface area (Å²) in [5.41, 5.74) is 2.09. The van der Waals surface area contributed by atoms with E-state index in [1.807, 2.05) is 36.2 Å². The SMILES string of the molecule is Cc1ccsc1C(=O)N[C@H]1CCO[C@H](c2cncn2C)C1. The minimum atomic E-state index is 0.000910. The van der Waals surface area contributed by atoms with Crippen molar-refractivity contribution in [2.75, 3.05) is 6.61 Å². The molecule has 0 unspecified atom stereocenters. The molecular weight excluding hydrogens is 286 g/mol. The molecule has 1 aliphatic heterocycles. The Morgan fingerprint density at radius 2 is 2.43 bits per heavy atom. The van der Waals surface area contributed by atoms with Gasteiger partial charge in [-0.25, -0.2) is 4.98 Å². The van der Waals surface area contributed by atoms with Gasteiger partial charge in [-0.05, 0) is 36.8 Å². The summed E-state index contributed by atoms with van der Waals surface area (Å²) in [4.78, 5) is 17.2. The fourth-order valence-electron chi connectivity index (χ4n) is 2.67. The molecule has 21 heavy (non-hydrogen) atoms. The molecule has 0 saturated carbocycles. The Bertz CT molecular complexity index is 634. The van der Waals surface area contributed by atoms with Gasteiger partial charge in [0.15, 0.2) is 0 Å². The number of amides is 1. The molecule has 0 aliphatic carbocycles. The molecule has 2 aromatic rings. The number of carbonyl (C=O) groups is 1. The minimum absolute atomic E-state index is 0.000910. The maximum Gasteiger partial charge on any atom is 0.261 e. The number of rotatable bonds is 3. The van der Waals surface area contributed by atoms with E-state index in [1.54, 1.807) is 6.33 Å². The van der Waals surface area contributed by atoms with Crippen molar-refractivity contribution in [2.45, 2.75) is 31.9 Å². The van der Waals surface area contributed by atoms with Crippen LogP contribution in [0.4, 0.5) is 0 Å². The predicted octanol–water partition coefficient (Wildman–Crippen LogP) is 2.44. The molecule has 0 aromatic carbocycles. The number of hydrogen-bond donors (Lipinski definition) is 1. The van der Waals surface area contributed by atoms with Crippen LogP contribution < -0.4 is 5.32 Å². The number of ether oxygens (including phenoxy) is 1. The summed E-state index contributed by atoms with van der Waals surface area (Å²) in [5, 5.41) is 5.09. The first kappa shape index (κ1) is 14.3. The normalized spacial score (nSPS) is 22.2. The average molecular weight is 305 g/mol. The van der Waals surface area contributed by atoms with Gasteiger partial charge in [-0.1, -0.05) is 0 Å². The molecule has 0 radical (unpaired) electrons. The molecule has 3 heterocycles. The van der Waals surface area contributed by atoms with Gasteiger partial charge >= 0.3 is 0 Å². The molecule has 0 spiro atoms. The number of hydrogen-bond acceptors (Lipinski definition) is 4. The van der Waals surface area contributed by atoms with E-state index in [0.717, 1.165) is 29.0 Å². The van der Waals surface area contributed by atoms with Crippen LogP contribution in [0.15, 0.2) is 24.0 Å².